The molecule has 0 fully saturated rings. The minimum Gasteiger partial charge on any atom is -0.497 e. The number of primary amides is 1. The molecule has 0 unspecified atom stereocenters. The number of amides is 2. The Balaban J connectivity index is 2.07. The molecule has 2 rings (SSSR count). The minimum absolute atomic E-state index is 0.206. The lowest BCUT2D eigenvalue weighted by Crippen LogP contribution is -2.24. The second-order valence-electron chi connectivity index (χ2n) is 4.54. The fraction of sp³-hybridized carbons (Fsp3) is 0.0625. The lowest BCUT2D eigenvalue weighted by molar-refractivity contribution is 0.0735. The van der Waals surface area contributed by atoms with E-state index >= 15 is 0 Å². The summed E-state index contributed by atoms with van der Waals surface area (Å²) < 4.78 is 10.3. The lowest BCUT2D eigenvalue weighted by atomic mass is 10.2. The largest absolute Gasteiger partial charge is 0.497 e. The molecule has 2 aromatic rings. The van der Waals surface area contributed by atoms with Crippen LogP contribution in [0.4, 0.5) is 4.79 Å². The van der Waals surface area contributed by atoms with Gasteiger partial charge in [0, 0.05) is 0 Å². The number of esters is 1. The molecular weight excluding hydrogens is 334 g/mol. The number of hydrazone groups is 1. The number of benzene rings is 2. The van der Waals surface area contributed by atoms with Crippen molar-refractivity contribution in [1.82, 2.24) is 5.43 Å². The summed E-state index contributed by atoms with van der Waals surface area (Å²) in [5.74, 6) is 0.298. The zero-order chi connectivity index (χ0) is 17.5. The molecule has 124 valence electrons. The van der Waals surface area contributed by atoms with Crippen molar-refractivity contribution in [3.8, 4) is 11.5 Å². The molecule has 0 spiro atoms. The second kappa shape index (κ2) is 7.98. The number of carbonyl (C=O) groups excluding carboxylic acids is 2. The van der Waals surface area contributed by atoms with E-state index in [1.54, 1.807) is 30.3 Å². The number of hydrogen-bond donors (Lipinski definition) is 2. The number of methoxy groups -OCH3 is 1. The van der Waals surface area contributed by atoms with Crippen molar-refractivity contribution in [2.45, 2.75) is 0 Å². The number of nitrogens with one attached hydrogen (secondary N) is 1. The van der Waals surface area contributed by atoms with E-state index in [1.165, 1.54) is 25.5 Å². The van der Waals surface area contributed by atoms with Gasteiger partial charge in [0.15, 0.2) is 0 Å². The van der Waals surface area contributed by atoms with Crippen molar-refractivity contribution >= 4 is 29.8 Å². The molecule has 0 heterocycles. The monoisotopic (exact) mass is 347 g/mol. The topological polar surface area (TPSA) is 103 Å². The van der Waals surface area contributed by atoms with Crippen molar-refractivity contribution in [1.29, 1.82) is 0 Å². The summed E-state index contributed by atoms with van der Waals surface area (Å²) in [6, 6.07) is 10.4. The van der Waals surface area contributed by atoms with E-state index in [2.05, 4.69) is 10.5 Å². The van der Waals surface area contributed by atoms with E-state index in [4.69, 9.17) is 26.8 Å². The first-order chi connectivity index (χ1) is 11.5. The quantitative estimate of drug-likeness (QED) is 0.375. The van der Waals surface area contributed by atoms with E-state index in [1.807, 2.05) is 0 Å². The third kappa shape index (κ3) is 4.72. The lowest BCUT2D eigenvalue weighted by Gasteiger charge is -2.07. The number of rotatable bonds is 5. The Labute approximate surface area is 143 Å². The molecule has 0 atom stereocenters. The van der Waals surface area contributed by atoms with Gasteiger partial charge in [0.1, 0.15) is 11.5 Å². The van der Waals surface area contributed by atoms with Gasteiger partial charge in [0.2, 0.25) is 0 Å². The summed E-state index contributed by atoms with van der Waals surface area (Å²) in [6.07, 6.45) is 1.35. The van der Waals surface area contributed by atoms with Gasteiger partial charge in [-0.05, 0) is 48.0 Å². The molecule has 0 saturated carbocycles. The Morgan fingerprint density at radius 2 is 1.92 bits per heavy atom. The van der Waals surface area contributed by atoms with Crippen LogP contribution in [0.3, 0.4) is 0 Å². The van der Waals surface area contributed by atoms with Crippen LogP contribution in [0.1, 0.15) is 15.9 Å². The van der Waals surface area contributed by atoms with E-state index in [-0.39, 0.29) is 10.8 Å². The van der Waals surface area contributed by atoms with Gasteiger partial charge in [-0.1, -0.05) is 11.6 Å². The Kier molecular flexibility index (Phi) is 5.75. The highest BCUT2D eigenvalue weighted by Crippen LogP contribution is 2.26. The van der Waals surface area contributed by atoms with Gasteiger partial charge in [-0.15, -0.1) is 0 Å². The van der Waals surface area contributed by atoms with Crippen molar-refractivity contribution in [3.05, 3.63) is 58.6 Å². The molecule has 3 N–H and O–H groups in total. The first-order valence-corrected chi connectivity index (χ1v) is 7.11. The standard InChI is InChI=1S/C16H14ClN3O4/c1-23-12-5-3-11(4-6-12)15(21)24-14-7-2-10(8-13(14)17)9-19-20-16(18)22/h2-9H,1H3,(H3,18,20,22)/b19-9-. The third-order valence-electron chi connectivity index (χ3n) is 2.87. The van der Waals surface area contributed by atoms with Crippen LogP contribution in [0.25, 0.3) is 0 Å². The maximum absolute atomic E-state index is 12.1. The number of hydrogen-bond acceptors (Lipinski definition) is 5. The van der Waals surface area contributed by atoms with Gasteiger partial charge in [-0.25, -0.2) is 15.0 Å². The highest BCUT2D eigenvalue weighted by molar-refractivity contribution is 6.32. The first kappa shape index (κ1) is 17.3. The van der Waals surface area contributed by atoms with Crippen LogP contribution in [0.15, 0.2) is 47.6 Å². The molecule has 8 heteroatoms. The van der Waals surface area contributed by atoms with Crippen molar-refractivity contribution in [3.63, 3.8) is 0 Å². The highest BCUT2D eigenvalue weighted by atomic mass is 35.5. The molecule has 24 heavy (non-hydrogen) atoms. The number of carbonyl (C=O) groups is 2. The average molecular weight is 348 g/mol. The second-order valence-corrected chi connectivity index (χ2v) is 4.95. The molecule has 0 aliphatic carbocycles. The predicted octanol–water partition coefficient (Wildman–Crippen LogP) is 2.57. The van der Waals surface area contributed by atoms with Crippen molar-refractivity contribution in [2.24, 2.45) is 10.8 Å². The first-order valence-electron chi connectivity index (χ1n) is 6.74. The van der Waals surface area contributed by atoms with Gasteiger partial charge >= 0.3 is 12.0 Å². The number of ether oxygens (including phenoxy) is 2. The normalized spacial score (nSPS) is 10.4. The Morgan fingerprint density at radius 1 is 1.21 bits per heavy atom. The summed E-state index contributed by atoms with van der Waals surface area (Å²) >= 11 is 6.08. The van der Waals surface area contributed by atoms with Crippen LogP contribution in [0, 0.1) is 0 Å². The fourth-order valence-electron chi connectivity index (χ4n) is 1.74. The maximum atomic E-state index is 12.1. The molecule has 0 aliphatic rings. The molecule has 0 aliphatic heterocycles. The number of halogens is 1. The van der Waals surface area contributed by atoms with Crippen LogP contribution >= 0.6 is 11.6 Å². The number of nitrogens with zero attached hydrogens (tertiary/aromatic N) is 1. The zero-order valence-electron chi connectivity index (χ0n) is 12.7. The summed E-state index contributed by atoms with van der Waals surface area (Å²) in [7, 11) is 1.54. The van der Waals surface area contributed by atoms with Crippen LogP contribution < -0.4 is 20.6 Å². The number of urea groups is 1. The van der Waals surface area contributed by atoms with Gasteiger partial charge < -0.3 is 15.2 Å². The molecule has 0 bridgehead atoms. The maximum Gasteiger partial charge on any atom is 0.343 e. The highest BCUT2D eigenvalue weighted by Gasteiger charge is 2.11. The van der Waals surface area contributed by atoms with E-state index in [9.17, 15) is 9.59 Å². The molecular formula is C16H14ClN3O4. The van der Waals surface area contributed by atoms with Gasteiger partial charge in [-0.2, -0.15) is 5.10 Å². The SMILES string of the molecule is COc1ccc(C(=O)Oc2ccc(/C=N\NC(N)=O)cc2Cl)cc1. The summed E-state index contributed by atoms with van der Waals surface area (Å²) in [6.45, 7) is 0. The minimum atomic E-state index is -0.776. The molecule has 0 radical (unpaired) electrons. The average Bonchev–Trinajstić information content (AvgIpc) is 2.57. The van der Waals surface area contributed by atoms with Crippen LogP contribution in [-0.2, 0) is 0 Å². The smallest absolute Gasteiger partial charge is 0.343 e. The Bertz CT molecular complexity index is 775. The summed E-state index contributed by atoms with van der Waals surface area (Å²) in [4.78, 5) is 22.6. The Morgan fingerprint density at radius 3 is 2.50 bits per heavy atom. The predicted molar refractivity (Wildman–Crippen MR) is 89.7 cm³/mol. The van der Waals surface area contributed by atoms with E-state index in [0.717, 1.165) is 0 Å². The molecule has 2 aromatic carbocycles. The van der Waals surface area contributed by atoms with Gasteiger partial charge in [0.05, 0.1) is 23.9 Å². The van der Waals surface area contributed by atoms with Crippen molar-refractivity contribution < 1.29 is 19.1 Å². The molecule has 2 amide bonds. The molecule has 0 aromatic heterocycles. The molecule has 7 nitrogen and oxygen atoms in total. The van der Waals surface area contributed by atoms with E-state index in [0.29, 0.717) is 16.9 Å². The third-order valence-corrected chi connectivity index (χ3v) is 3.17. The van der Waals surface area contributed by atoms with Gasteiger partial charge in [0.25, 0.3) is 0 Å². The Hall–Kier alpha value is -3.06. The number of nitrogens with two attached hydrogens (primary N) is 1. The molecule has 0 saturated heterocycles. The van der Waals surface area contributed by atoms with Crippen molar-refractivity contribution in [2.75, 3.05) is 7.11 Å². The summed E-state index contributed by atoms with van der Waals surface area (Å²) in [5.41, 5.74) is 7.90. The van der Waals surface area contributed by atoms with Crippen LogP contribution in [0.5, 0.6) is 11.5 Å². The van der Waals surface area contributed by atoms with Gasteiger partial charge in [-0.3, -0.25) is 0 Å². The van der Waals surface area contributed by atoms with Crippen LogP contribution in [0.2, 0.25) is 5.02 Å². The zero-order valence-corrected chi connectivity index (χ0v) is 13.4. The van der Waals surface area contributed by atoms with E-state index < -0.39 is 12.0 Å². The van der Waals surface area contributed by atoms with Crippen LogP contribution in [-0.4, -0.2) is 25.3 Å². The summed E-state index contributed by atoms with van der Waals surface area (Å²) in [5, 5.41) is 3.83. The fourth-order valence-corrected chi connectivity index (χ4v) is 1.96.